The molecule has 0 radical (unpaired) electrons. The number of halogens is 4. The normalized spacial score (nSPS) is 10.5. The second kappa shape index (κ2) is 5.39. The van der Waals surface area contributed by atoms with Crippen molar-refractivity contribution in [1.29, 1.82) is 0 Å². The van der Waals surface area contributed by atoms with Crippen LogP contribution >= 0.6 is 0 Å². The van der Waals surface area contributed by atoms with E-state index in [1.165, 1.54) is 12.1 Å². The third-order valence-electron chi connectivity index (χ3n) is 2.64. The molecule has 0 saturated heterocycles. The average Bonchev–Trinajstić information content (AvgIpc) is 2.42. The molecule has 21 heavy (non-hydrogen) atoms. The number of nitrogens with zero attached hydrogens (tertiary/aromatic N) is 2. The van der Waals surface area contributed by atoms with E-state index < -0.39 is 40.9 Å². The van der Waals surface area contributed by atoms with Crippen molar-refractivity contribution < 1.29 is 27.5 Å². The molecule has 1 N–H and O–H groups in total. The summed E-state index contributed by atoms with van der Waals surface area (Å²) in [7, 11) is 0. The van der Waals surface area contributed by atoms with Gasteiger partial charge in [0, 0.05) is 6.92 Å². The fourth-order valence-corrected chi connectivity index (χ4v) is 1.77. The highest BCUT2D eigenvalue weighted by Crippen LogP contribution is 2.36. The maximum Gasteiger partial charge on any atom is 0.253 e. The predicted molar refractivity (Wildman–Crippen MR) is 65.0 cm³/mol. The third kappa shape index (κ3) is 2.51. The van der Waals surface area contributed by atoms with Gasteiger partial charge < -0.3 is 5.11 Å². The lowest BCUT2D eigenvalue weighted by Gasteiger charge is -2.23. The van der Waals surface area contributed by atoms with Gasteiger partial charge in [0.1, 0.15) is 11.4 Å². The molecule has 1 amide bonds. The summed E-state index contributed by atoms with van der Waals surface area (Å²) in [6.07, 6.45) is 0. The van der Waals surface area contributed by atoms with Crippen molar-refractivity contribution in [2.24, 2.45) is 0 Å². The lowest BCUT2D eigenvalue weighted by atomic mass is 10.2. The molecule has 0 unspecified atom stereocenters. The van der Waals surface area contributed by atoms with Crippen molar-refractivity contribution in [2.75, 3.05) is 4.90 Å². The molecule has 0 aliphatic carbocycles. The van der Waals surface area contributed by atoms with Gasteiger partial charge in [-0.2, -0.15) is 22.5 Å². The molecule has 4 nitrogen and oxygen atoms in total. The van der Waals surface area contributed by atoms with E-state index in [1.54, 1.807) is 0 Å². The van der Waals surface area contributed by atoms with Crippen LogP contribution in [0.3, 0.4) is 0 Å². The predicted octanol–water partition coefficient (Wildman–Crippen LogP) is 3.03. The Morgan fingerprint density at radius 3 is 2.10 bits per heavy atom. The summed E-state index contributed by atoms with van der Waals surface area (Å²) in [5.74, 6) is -8.93. The van der Waals surface area contributed by atoms with E-state index in [9.17, 15) is 27.5 Å². The highest BCUT2D eigenvalue weighted by molar-refractivity contribution is 6.00. The number of amides is 1. The Bertz CT molecular complexity index is 695. The minimum Gasteiger partial charge on any atom is -0.506 e. The maximum atomic E-state index is 13.8. The van der Waals surface area contributed by atoms with Gasteiger partial charge in [0.25, 0.3) is 11.9 Å². The summed E-state index contributed by atoms with van der Waals surface area (Å²) in [5, 5.41) is 9.67. The van der Waals surface area contributed by atoms with Gasteiger partial charge >= 0.3 is 0 Å². The molecule has 0 spiro atoms. The third-order valence-corrected chi connectivity index (χ3v) is 2.64. The lowest BCUT2D eigenvalue weighted by molar-refractivity contribution is -0.115. The van der Waals surface area contributed by atoms with Gasteiger partial charge in [-0.05, 0) is 12.1 Å². The highest BCUT2D eigenvalue weighted by atomic mass is 19.2. The van der Waals surface area contributed by atoms with E-state index in [4.69, 9.17) is 0 Å². The van der Waals surface area contributed by atoms with Crippen LogP contribution in [0.1, 0.15) is 6.92 Å². The number of rotatable bonds is 2. The molecule has 0 bridgehead atoms. The second-order valence-corrected chi connectivity index (χ2v) is 4.01. The number of carbonyl (C=O) groups excluding carboxylic acids is 1. The first kappa shape index (κ1) is 14.8. The van der Waals surface area contributed by atoms with Gasteiger partial charge in [-0.15, -0.1) is 0 Å². The Balaban J connectivity index is 2.77. The molecule has 8 heteroatoms. The Hall–Kier alpha value is -2.64. The number of phenols is 1. The van der Waals surface area contributed by atoms with Crippen molar-refractivity contribution in [3.8, 4) is 5.75 Å². The topological polar surface area (TPSA) is 53.4 Å². The van der Waals surface area contributed by atoms with Crippen LogP contribution in [0.5, 0.6) is 5.75 Å². The average molecular weight is 300 g/mol. The molecule has 0 aliphatic rings. The Labute approximate surface area is 116 Å². The van der Waals surface area contributed by atoms with E-state index in [1.807, 2.05) is 0 Å². The van der Waals surface area contributed by atoms with Crippen LogP contribution in [-0.4, -0.2) is 16.0 Å². The largest absolute Gasteiger partial charge is 0.506 e. The molecule has 1 aromatic heterocycles. The number of aromatic hydroxyl groups is 1. The molecule has 0 fully saturated rings. The summed E-state index contributed by atoms with van der Waals surface area (Å²) >= 11 is 0. The van der Waals surface area contributed by atoms with Gasteiger partial charge in [-0.3, -0.25) is 9.69 Å². The molecule has 0 saturated carbocycles. The van der Waals surface area contributed by atoms with Gasteiger partial charge in [0.15, 0.2) is 0 Å². The standard InChI is InChI=1S/C13H8F4N2O2/c1-6(20)19(7-4-2-3-5-8(7)21)11-9(14)12(16)18-13(17)10(11)15/h2-5,21H,1H3. The zero-order valence-electron chi connectivity index (χ0n) is 10.6. The highest BCUT2D eigenvalue weighted by Gasteiger charge is 2.29. The number of hydrogen-bond acceptors (Lipinski definition) is 3. The van der Waals surface area contributed by atoms with Gasteiger partial charge in [-0.25, -0.2) is 0 Å². The van der Waals surface area contributed by atoms with Crippen LogP contribution in [0.4, 0.5) is 28.9 Å². The number of benzene rings is 1. The fraction of sp³-hybridized carbons (Fsp3) is 0.0769. The number of carbonyl (C=O) groups is 1. The Morgan fingerprint density at radius 2 is 1.62 bits per heavy atom. The number of pyridine rings is 1. The van der Waals surface area contributed by atoms with Crippen LogP contribution in [0.25, 0.3) is 0 Å². The number of phenolic OH excluding ortho intramolecular Hbond substituents is 1. The SMILES string of the molecule is CC(=O)N(c1ccccc1O)c1c(F)c(F)nc(F)c1F. The lowest BCUT2D eigenvalue weighted by Crippen LogP contribution is -2.26. The van der Waals surface area contributed by atoms with Gasteiger partial charge in [-0.1, -0.05) is 12.1 Å². The molecule has 1 heterocycles. The van der Waals surface area contributed by atoms with E-state index in [-0.39, 0.29) is 5.69 Å². The molecule has 110 valence electrons. The molecular formula is C13H8F4N2O2. The van der Waals surface area contributed by atoms with Crippen molar-refractivity contribution in [1.82, 2.24) is 4.98 Å². The Kier molecular flexibility index (Phi) is 3.79. The van der Waals surface area contributed by atoms with Crippen molar-refractivity contribution in [3.63, 3.8) is 0 Å². The molecule has 1 aromatic carbocycles. The van der Waals surface area contributed by atoms with Crippen molar-refractivity contribution in [2.45, 2.75) is 6.92 Å². The first-order chi connectivity index (χ1) is 9.84. The van der Waals surface area contributed by atoms with E-state index >= 15 is 0 Å². The number of aromatic nitrogens is 1. The smallest absolute Gasteiger partial charge is 0.253 e. The first-order valence-corrected chi connectivity index (χ1v) is 5.63. The van der Waals surface area contributed by atoms with E-state index in [0.717, 1.165) is 19.1 Å². The molecule has 2 rings (SSSR count). The first-order valence-electron chi connectivity index (χ1n) is 5.63. The quantitative estimate of drug-likeness (QED) is 0.685. The van der Waals surface area contributed by atoms with Crippen LogP contribution in [0.15, 0.2) is 24.3 Å². The number of hydrogen-bond donors (Lipinski definition) is 1. The monoisotopic (exact) mass is 300 g/mol. The van der Waals surface area contributed by atoms with Crippen LogP contribution in [0, 0.1) is 23.5 Å². The fourth-order valence-electron chi connectivity index (χ4n) is 1.77. The summed E-state index contributed by atoms with van der Waals surface area (Å²) in [6, 6.07) is 5.08. The minimum atomic E-state index is -1.90. The van der Waals surface area contributed by atoms with Crippen LogP contribution in [-0.2, 0) is 4.79 Å². The minimum absolute atomic E-state index is 0.326. The van der Waals surface area contributed by atoms with Crippen molar-refractivity contribution in [3.05, 3.63) is 47.8 Å². The summed E-state index contributed by atoms with van der Waals surface area (Å²) in [6.45, 7) is 0.918. The maximum absolute atomic E-state index is 13.8. The second-order valence-electron chi connectivity index (χ2n) is 4.01. The molecule has 2 aromatic rings. The summed E-state index contributed by atoms with van der Waals surface area (Å²) in [5.41, 5.74) is -1.61. The summed E-state index contributed by atoms with van der Waals surface area (Å²) in [4.78, 5) is 14.4. The molecule has 0 aliphatic heterocycles. The number of anilines is 2. The van der Waals surface area contributed by atoms with Gasteiger partial charge in [0.2, 0.25) is 17.5 Å². The van der Waals surface area contributed by atoms with Crippen LogP contribution in [0.2, 0.25) is 0 Å². The van der Waals surface area contributed by atoms with E-state index in [0.29, 0.717) is 4.90 Å². The van der Waals surface area contributed by atoms with Crippen LogP contribution < -0.4 is 4.90 Å². The molecule has 0 atom stereocenters. The van der Waals surface area contributed by atoms with Gasteiger partial charge in [0.05, 0.1) is 5.69 Å². The zero-order valence-corrected chi connectivity index (χ0v) is 10.6. The number of para-hydroxylation sites is 2. The summed E-state index contributed by atoms with van der Waals surface area (Å²) < 4.78 is 53.8. The van der Waals surface area contributed by atoms with E-state index in [2.05, 4.69) is 4.98 Å². The Morgan fingerprint density at radius 1 is 1.10 bits per heavy atom. The zero-order chi connectivity index (χ0) is 15.7. The van der Waals surface area contributed by atoms with Crippen molar-refractivity contribution >= 4 is 17.3 Å². The molecular weight excluding hydrogens is 292 g/mol.